The monoisotopic (exact) mass is 303 g/mol. The second-order valence-electron chi connectivity index (χ2n) is 3.92. The molecule has 0 aromatic carbocycles. The summed E-state index contributed by atoms with van der Waals surface area (Å²) in [6.07, 6.45) is -1.66. The molecule has 1 saturated carbocycles. The third-order valence-electron chi connectivity index (χ3n) is 2.47. The summed E-state index contributed by atoms with van der Waals surface area (Å²) in [5.41, 5.74) is -0.279. The minimum Gasteiger partial charge on any atom is -0.362 e. The van der Waals surface area contributed by atoms with E-state index >= 15 is 0 Å². The smallest absolute Gasteiger partial charge is 0.362 e. The normalized spacial score (nSPS) is 19.0. The molecule has 1 N–H and O–H groups in total. The van der Waals surface area contributed by atoms with Gasteiger partial charge in [0.25, 0.3) is 0 Å². The molecule has 0 atom stereocenters. The summed E-state index contributed by atoms with van der Waals surface area (Å²) in [5.74, 6) is -0.497. The highest BCUT2D eigenvalue weighted by atomic mass is 79.9. The molecule has 1 amide bonds. The molecular formula is C9H13BrF3NO2. The van der Waals surface area contributed by atoms with E-state index in [9.17, 15) is 18.0 Å². The predicted octanol–water partition coefficient (Wildman–Crippen LogP) is 2.00. The average molecular weight is 304 g/mol. The van der Waals surface area contributed by atoms with E-state index in [1.807, 2.05) is 0 Å². The van der Waals surface area contributed by atoms with Crippen molar-refractivity contribution in [1.29, 1.82) is 0 Å². The van der Waals surface area contributed by atoms with Crippen molar-refractivity contribution in [2.24, 2.45) is 0 Å². The van der Waals surface area contributed by atoms with E-state index in [0.717, 1.165) is 19.3 Å². The summed E-state index contributed by atoms with van der Waals surface area (Å²) >= 11 is 3.28. The molecular weight excluding hydrogens is 291 g/mol. The lowest BCUT2D eigenvalue weighted by Gasteiger charge is -2.41. The standard InChI is InChI=1S/C9H13BrF3NO2/c10-5-8(2-1-3-8)14-7(15)4-16-6-9(11,12)13/h1-6H2,(H,14,15). The Morgan fingerprint density at radius 3 is 2.44 bits per heavy atom. The number of halogens is 4. The molecule has 0 radical (unpaired) electrons. The van der Waals surface area contributed by atoms with Gasteiger partial charge in [-0.3, -0.25) is 4.79 Å². The summed E-state index contributed by atoms with van der Waals surface area (Å²) in [4.78, 5) is 11.3. The summed E-state index contributed by atoms with van der Waals surface area (Å²) < 4.78 is 39.4. The van der Waals surface area contributed by atoms with Crippen molar-refractivity contribution >= 4 is 21.8 Å². The van der Waals surface area contributed by atoms with Gasteiger partial charge in [0.05, 0.1) is 0 Å². The number of hydrogen-bond acceptors (Lipinski definition) is 2. The van der Waals surface area contributed by atoms with E-state index < -0.39 is 25.3 Å². The number of amides is 1. The number of hydrogen-bond donors (Lipinski definition) is 1. The number of nitrogens with one attached hydrogen (secondary N) is 1. The van der Waals surface area contributed by atoms with Gasteiger partial charge < -0.3 is 10.1 Å². The van der Waals surface area contributed by atoms with E-state index in [1.54, 1.807) is 0 Å². The van der Waals surface area contributed by atoms with Gasteiger partial charge in [-0.25, -0.2) is 0 Å². The number of carbonyl (C=O) groups excluding carboxylic acids is 1. The molecule has 1 aliphatic carbocycles. The Hall–Kier alpha value is -0.300. The Kier molecular flexibility index (Phi) is 4.61. The third kappa shape index (κ3) is 4.29. The first-order chi connectivity index (χ1) is 7.37. The van der Waals surface area contributed by atoms with Crippen molar-refractivity contribution in [3.63, 3.8) is 0 Å². The summed E-state index contributed by atoms with van der Waals surface area (Å²) in [6.45, 7) is -1.93. The fourth-order valence-electron chi connectivity index (χ4n) is 1.49. The topological polar surface area (TPSA) is 38.3 Å². The number of alkyl halides is 4. The molecule has 1 aliphatic rings. The Balaban J connectivity index is 2.21. The average Bonchev–Trinajstić information content (AvgIpc) is 2.09. The highest BCUT2D eigenvalue weighted by Gasteiger charge is 2.37. The van der Waals surface area contributed by atoms with Gasteiger partial charge in [0, 0.05) is 10.9 Å². The van der Waals surface area contributed by atoms with Crippen LogP contribution in [0.1, 0.15) is 19.3 Å². The van der Waals surface area contributed by atoms with Gasteiger partial charge in [-0.15, -0.1) is 0 Å². The molecule has 7 heteroatoms. The molecule has 0 aliphatic heterocycles. The summed E-state index contributed by atoms with van der Waals surface area (Å²) in [7, 11) is 0. The van der Waals surface area contributed by atoms with E-state index in [2.05, 4.69) is 26.0 Å². The maximum atomic E-state index is 11.7. The van der Waals surface area contributed by atoms with E-state index in [-0.39, 0.29) is 5.54 Å². The first-order valence-corrected chi connectivity index (χ1v) is 6.00. The number of rotatable bonds is 5. The number of ether oxygens (including phenoxy) is 1. The quantitative estimate of drug-likeness (QED) is 0.789. The van der Waals surface area contributed by atoms with Gasteiger partial charge in [-0.1, -0.05) is 15.9 Å². The third-order valence-corrected chi connectivity index (χ3v) is 3.54. The van der Waals surface area contributed by atoms with Crippen LogP contribution in [-0.4, -0.2) is 36.2 Å². The van der Waals surface area contributed by atoms with Gasteiger partial charge in [-0.05, 0) is 19.3 Å². The van der Waals surface area contributed by atoms with Crippen molar-refractivity contribution in [3.8, 4) is 0 Å². The predicted molar refractivity (Wildman–Crippen MR) is 55.4 cm³/mol. The Morgan fingerprint density at radius 2 is 2.06 bits per heavy atom. The van der Waals surface area contributed by atoms with Crippen molar-refractivity contribution in [3.05, 3.63) is 0 Å². The molecule has 16 heavy (non-hydrogen) atoms. The first-order valence-electron chi connectivity index (χ1n) is 4.88. The molecule has 94 valence electrons. The SMILES string of the molecule is O=C(COCC(F)(F)F)NC1(CBr)CCC1. The zero-order chi connectivity index (χ0) is 12.2. The maximum absolute atomic E-state index is 11.7. The van der Waals surface area contributed by atoms with Gasteiger partial charge >= 0.3 is 6.18 Å². The minimum absolute atomic E-state index is 0.279. The highest BCUT2D eigenvalue weighted by Crippen LogP contribution is 2.33. The second-order valence-corrected chi connectivity index (χ2v) is 4.48. The lowest BCUT2D eigenvalue weighted by molar-refractivity contribution is -0.176. The van der Waals surface area contributed by atoms with E-state index in [1.165, 1.54) is 0 Å². The van der Waals surface area contributed by atoms with Gasteiger partial charge in [-0.2, -0.15) is 13.2 Å². The highest BCUT2D eigenvalue weighted by molar-refractivity contribution is 9.09. The Labute approximate surface area is 99.8 Å². The van der Waals surface area contributed by atoms with Crippen molar-refractivity contribution in [2.45, 2.75) is 31.0 Å². The summed E-state index contributed by atoms with van der Waals surface area (Å²) in [6, 6.07) is 0. The van der Waals surface area contributed by atoms with Crippen LogP contribution in [0.25, 0.3) is 0 Å². The fourth-order valence-corrected chi connectivity index (χ4v) is 2.19. The van der Waals surface area contributed by atoms with E-state index in [4.69, 9.17) is 0 Å². The van der Waals surface area contributed by atoms with Crippen LogP contribution in [0, 0.1) is 0 Å². The van der Waals surface area contributed by atoms with Crippen LogP contribution < -0.4 is 5.32 Å². The first kappa shape index (κ1) is 13.8. The molecule has 0 saturated heterocycles. The lowest BCUT2D eigenvalue weighted by atomic mass is 9.78. The molecule has 0 aromatic heterocycles. The lowest BCUT2D eigenvalue weighted by Crippen LogP contribution is -2.55. The van der Waals surface area contributed by atoms with Gasteiger partial charge in [0.2, 0.25) is 5.91 Å². The van der Waals surface area contributed by atoms with Crippen molar-refractivity contribution in [2.75, 3.05) is 18.5 Å². The molecule has 0 bridgehead atoms. The molecule has 0 heterocycles. The fraction of sp³-hybridized carbons (Fsp3) is 0.889. The van der Waals surface area contributed by atoms with Crippen LogP contribution in [0.15, 0.2) is 0 Å². The Morgan fingerprint density at radius 1 is 1.44 bits per heavy atom. The largest absolute Gasteiger partial charge is 0.411 e. The van der Waals surface area contributed by atoms with Crippen LogP contribution >= 0.6 is 15.9 Å². The van der Waals surface area contributed by atoms with Crippen LogP contribution in [0.2, 0.25) is 0 Å². The molecule has 0 unspecified atom stereocenters. The maximum Gasteiger partial charge on any atom is 0.411 e. The molecule has 1 fully saturated rings. The zero-order valence-electron chi connectivity index (χ0n) is 8.57. The molecule has 1 rings (SSSR count). The second kappa shape index (κ2) is 5.35. The van der Waals surface area contributed by atoms with Crippen LogP contribution in [-0.2, 0) is 9.53 Å². The number of carbonyl (C=O) groups is 1. The zero-order valence-corrected chi connectivity index (χ0v) is 10.2. The minimum atomic E-state index is -4.39. The summed E-state index contributed by atoms with van der Waals surface area (Å²) in [5, 5.41) is 3.30. The molecule has 0 spiro atoms. The molecule has 3 nitrogen and oxygen atoms in total. The van der Waals surface area contributed by atoms with Crippen LogP contribution in [0.4, 0.5) is 13.2 Å². The van der Waals surface area contributed by atoms with Gasteiger partial charge in [0.15, 0.2) is 0 Å². The van der Waals surface area contributed by atoms with Crippen LogP contribution in [0.5, 0.6) is 0 Å². The molecule has 0 aromatic rings. The van der Waals surface area contributed by atoms with Crippen molar-refractivity contribution in [1.82, 2.24) is 5.32 Å². The van der Waals surface area contributed by atoms with Gasteiger partial charge in [0.1, 0.15) is 13.2 Å². The van der Waals surface area contributed by atoms with Crippen LogP contribution in [0.3, 0.4) is 0 Å². The Bertz CT molecular complexity index is 248. The van der Waals surface area contributed by atoms with Crippen molar-refractivity contribution < 1.29 is 22.7 Å². The van der Waals surface area contributed by atoms with E-state index in [0.29, 0.717) is 5.33 Å².